The van der Waals surface area contributed by atoms with Gasteiger partial charge in [0.25, 0.3) is 0 Å². The molecule has 1 aliphatic heterocycles. The minimum Gasteiger partial charge on any atom is -0.485 e. The Morgan fingerprint density at radius 2 is 2.35 bits per heavy atom. The molecule has 0 saturated carbocycles. The molecule has 0 bridgehead atoms. The fraction of sp³-hybridized carbons (Fsp3) is 0.400. The highest BCUT2D eigenvalue weighted by Crippen LogP contribution is 2.40. The van der Waals surface area contributed by atoms with Gasteiger partial charge in [-0.05, 0) is 20.0 Å². The molecule has 0 amide bonds. The predicted octanol–water partition coefficient (Wildman–Crippen LogP) is 2.83. The molecule has 4 nitrogen and oxygen atoms in total. The van der Waals surface area contributed by atoms with E-state index in [-0.39, 0.29) is 18.0 Å². The second kappa shape index (κ2) is 5.25. The first kappa shape index (κ1) is 13.1. The summed E-state index contributed by atoms with van der Waals surface area (Å²) in [6.45, 7) is 2.87. The molecule has 2 aromatic rings. The zero-order chi connectivity index (χ0) is 14.1. The number of rotatable bonds is 3. The van der Waals surface area contributed by atoms with E-state index in [1.807, 2.05) is 31.0 Å². The van der Waals surface area contributed by atoms with Gasteiger partial charge in [0.05, 0.1) is 6.20 Å². The van der Waals surface area contributed by atoms with Crippen LogP contribution in [0.2, 0.25) is 0 Å². The normalized spacial score (nSPS) is 21.4. The molecule has 1 aliphatic rings. The minimum atomic E-state index is -0.275. The first-order valence-electron chi connectivity index (χ1n) is 6.87. The van der Waals surface area contributed by atoms with Gasteiger partial charge in [-0.2, -0.15) is 5.10 Å². The highest BCUT2D eigenvalue weighted by atomic mass is 19.1. The van der Waals surface area contributed by atoms with E-state index in [0.29, 0.717) is 5.75 Å². The highest BCUT2D eigenvalue weighted by molar-refractivity contribution is 5.39. The molecule has 0 saturated heterocycles. The van der Waals surface area contributed by atoms with Crippen LogP contribution in [0.25, 0.3) is 0 Å². The fourth-order valence-corrected chi connectivity index (χ4v) is 2.64. The van der Waals surface area contributed by atoms with Crippen LogP contribution in [-0.2, 0) is 6.54 Å². The molecule has 0 fully saturated rings. The summed E-state index contributed by atoms with van der Waals surface area (Å²) >= 11 is 0. The van der Waals surface area contributed by atoms with E-state index in [1.165, 1.54) is 12.1 Å². The summed E-state index contributed by atoms with van der Waals surface area (Å²) in [5.74, 6) is 0.341. The van der Waals surface area contributed by atoms with Gasteiger partial charge in [0.2, 0.25) is 0 Å². The number of ether oxygens (including phenoxy) is 1. The third-order valence-electron chi connectivity index (χ3n) is 3.77. The van der Waals surface area contributed by atoms with Crippen molar-refractivity contribution in [3.63, 3.8) is 0 Å². The lowest BCUT2D eigenvalue weighted by atomic mass is 9.94. The van der Waals surface area contributed by atoms with E-state index >= 15 is 0 Å². The molecule has 1 N–H and O–H groups in total. The van der Waals surface area contributed by atoms with Gasteiger partial charge in [0.15, 0.2) is 0 Å². The largest absolute Gasteiger partial charge is 0.485 e. The standard InChI is InChI=1S/C15H18FN3O/c1-3-19-9-10(8-18-19)14-7-13(17-2)12-5-4-11(16)6-15(12)20-14/h4-6,8-9,13-14,17H,3,7H2,1-2H3. The molecule has 106 valence electrons. The lowest BCUT2D eigenvalue weighted by molar-refractivity contribution is 0.153. The average Bonchev–Trinajstić information content (AvgIpc) is 2.94. The first-order chi connectivity index (χ1) is 9.71. The summed E-state index contributed by atoms with van der Waals surface area (Å²) in [5, 5.41) is 7.55. The van der Waals surface area contributed by atoms with Gasteiger partial charge in [0, 0.05) is 42.4 Å². The van der Waals surface area contributed by atoms with E-state index in [4.69, 9.17) is 4.74 Å². The summed E-state index contributed by atoms with van der Waals surface area (Å²) in [6, 6.07) is 4.88. The van der Waals surface area contributed by atoms with Crippen molar-refractivity contribution in [2.45, 2.75) is 32.0 Å². The smallest absolute Gasteiger partial charge is 0.129 e. The molecule has 2 unspecified atom stereocenters. The fourth-order valence-electron chi connectivity index (χ4n) is 2.64. The summed E-state index contributed by atoms with van der Waals surface area (Å²) in [6.07, 6.45) is 4.53. The van der Waals surface area contributed by atoms with Crippen LogP contribution in [0.1, 0.15) is 36.6 Å². The van der Waals surface area contributed by atoms with Gasteiger partial charge in [0.1, 0.15) is 17.7 Å². The number of aromatic nitrogens is 2. The van der Waals surface area contributed by atoms with Crippen LogP contribution >= 0.6 is 0 Å². The molecule has 20 heavy (non-hydrogen) atoms. The van der Waals surface area contributed by atoms with Crippen molar-refractivity contribution in [3.8, 4) is 5.75 Å². The number of aryl methyl sites for hydroxylation is 1. The third-order valence-corrected chi connectivity index (χ3v) is 3.77. The van der Waals surface area contributed by atoms with Gasteiger partial charge < -0.3 is 10.1 Å². The third kappa shape index (κ3) is 2.29. The van der Waals surface area contributed by atoms with Crippen molar-refractivity contribution >= 4 is 0 Å². The number of nitrogens with one attached hydrogen (secondary N) is 1. The molecule has 1 aromatic carbocycles. The second-order valence-electron chi connectivity index (χ2n) is 4.99. The average molecular weight is 275 g/mol. The highest BCUT2D eigenvalue weighted by Gasteiger charge is 2.29. The Labute approximate surface area is 117 Å². The number of hydrogen-bond acceptors (Lipinski definition) is 3. The summed E-state index contributed by atoms with van der Waals surface area (Å²) in [4.78, 5) is 0. The van der Waals surface area contributed by atoms with Crippen molar-refractivity contribution < 1.29 is 9.13 Å². The quantitative estimate of drug-likeness (QED) is 0.936. The van der Waals surface area contributed by atoms with Gasteiger partial charge in [-0.15, -0.1) is 0 Å². The van der Waals surface area contributed by atoms with Gasteiger partial charge in [-0.3, -0.25) is 4.68 Å². The van der Waals surface area contributed by atoms with Crippen molar-refractivity contribution in [1.29, 1.82) is 0 Å². The van der Waals surface area contributed by atoms with E-state index < -0.39 is 0 Å². The monoisotopic (exact) mass is 275 g/mol. The van der Waals surface area contributed by atoms with Crippen molar-refractivity contribution in [2.24, 2.45) is 0 Å². The van der Waals surface area contributed by atoms with Crippen LogP contribution in [0.3, 0.4) is 0 Å². The van der Waals surface area contributed by atoms with Crippen LogP contribution in [0.4, 0.5) is 4.39 Å². The SMILES string of the molecule is CCn1cc(C2CC(NC)c3ccc(F)cc3O2)cn1. The summed E-state index contributed by atoms with van der Waals surface area (Å²) in [7, 11) is 1.91. The Bertz CT molecular complexity index is 611. The minimum absolute atomic E-state index is 0.0953. The molecule has 2 heterocycles. The molecule has 0 radical (unpaired) electrons. The predicted molar refractivity (Wildman–Crippen MR) is 74.1 cm³/mol. The second-order valence-corrected chi connectivity index (χ2v) is 4.99. The number of halogens is 1. The Kier molecular flexibility index (Phi) is 3.44. The molecule has 5 heteroatoms. The van der Waals surface area contributed by atoms with Crippen molar-refractivity contribution in [2.75, 3.05) is 7.05 Å². The first-order valence-corrected chi connectivity index (χ1v) is 6.87. The van der Waals surface area contributed by atoms with Gasteiger partial charge >= 0.3 is 0 Å². The molecule has 1 aromatic heterocycles. The maximum absolute atomic E-state index is 13.4. The lowest BCUT2D eigenvalue weighted by Crippen LogP contribution is -2.26. The van der Waals surface area contributed by atoms with Crippen molar-refractivity contribution in [1.82, 2.24) is 15.1 Å². The number of benzene rings is 1. The lowest BCUT2D eigenvalue weighted by Gasteiger charge is -2.31. The summed E-state index contributed by atoms with van der Waals surface area (Å²) in [5.41, 5.74) is 2.04. The van der Waals surface area contributed by atoms with Crippen LogP contribution in [-0.4, -0.2) is 16.8 Å². The van der Waals surface area contributed by atoms with E-state index in [9.17, 15) is 4.39 Å². The zero-order valence-electron chi connectivity index (χ0n) is 11.6. The molecular formula is C15H18FN3O. The molecule has 3 rings (SSSR count). The van der Waals surface area contributed by atoms with Gasteiger partial charge in [-0.1, -0.05) is 6.07 Å². The summed E-state index contributed by atoms with van der Waals surface area (Å²) < 4.78 is 21.2. The van der Waals surface area contributed by atoms with Gasteiger partial charge in [-0.25, -0.2) is 4.39 Å². The Morgan fingerprint density at radius 1 is 1.50 bits per heavy atom. The van der Waals surface area contributed by atoms with Crippen LogP contribution in [0, 0.1) is 5.82 Å². The van der Waals surface area contributed by atoms with E-state index in [2.05, 4.69) is 10.4 Å². The van der Waals surface area contributed by atoms with E-state index in [1.54, 1.807) is 6.07 Å². The number of fused-ring (bicyclic) bond motifs is 1. The number of hydrogen-bond donors (Lipinski definition) is 1. The van der Waals surface area contributed by atoms with Crippen LogP contribution in [0.15, 0.2) is 30.6 Å². The number of nitrogens with zero attached hydrogens (tertiary/aromatic N) is 2. The topological polar surface area (TPSA) is 39.1 Å². The Morgan fingerprint density at radius 3 is 3.05 bits per heavy atom. The van der Waals surface area contributed by atoms with Crippen molar-refractivity contribution in [3.05, 3.63) is 47.5 Å². The Hall–Kier alpha value is -1.88. The molecule has 2 atom stereocenters. The maximum Gasteiger partial charge on any atom is 0.129 e. The van der Waals surface area contributed by atoms with Crippen LogP contribution < -0.4 is 10.1 Å². The van der Waals surface area contributed by atoms with E-state index in [0.717, 1.165) is 24.1 Å². The zero-order valence-corrected chi connectivity index (χ0v) is 11.6. The molecule has 0 aliphatic carbocycles. The molecular weight excluding hydrogens is 257 g/mol. The Balaban J connectivity index is 1.93. The van der Waals surface area contributed by atoms with Crippen LogP contribution in [0.5, 0.6) is 5.75 Å². The molecule has 0 spiro atoms. The maximum atomic E-state index is 13.4.